The van der Waals surface area contributed by atoms with Gasteiger partial charge in [0.05, 0.1) is 29.7 Å². The van der Waals surface area contributed by atoms with Crippen LogP contribution >= 0.6 is 0 Å². The Labute approximate surface area is 123 Å². The van der Waals surface area contributed by atoms with E-state index in [-0.39, 0.29) is 12.0 Å². The van der Waals surface area contributed by atoms with Gasteiger partial charge in [-0.1, -0.05) is 0 Å². The summed E-state index contributed by atoms with van der Waals surface area (Å²) in [6.45, 7) is 7.64. The number of fused-ring (bicyclic) bond motifs is 1. The van der Waals surface area contributed by atoms with Crippen molar-refractivity contribution in [3.8, 4) is 0 Å². The van der Waals surface area contributed by atoms with Crippen molar-refractivity contribution >= 4 is 16.9 Å². The van der Waals surface area contributed by atoms with E-state index in [4.69, 9.17) is 4.74 Å². The molecule has 0 aromatic carbocycles. The van der Waals surface area contributed by atoms with Crippen LogP contribution in [0.1, 0.15) is 28.7 Å². The fourth-order valence-electron chi connectivity index (χ4n) is 2.82. The van der Waals surface area contributed by atoms with E-state index < -0.39 is 0 Å². The molecule has 6 nitrogen and oxygen atoms in total. The fourth-order valence-corrected chi connectivity index (χ4v) is 2.82. The Hall–Kier alpha value is -1.95. The lowest BCUT2D eigenvalue weighted by Gasteiger charge is -2.31. The van der Waals surface area contributed by atoms with Gasteiger partial charge in [0.1, 0.15) is 0 Å². The Balaban J connectivity index is 2.01. The molecule has 2 aromatic rings. The number of morpholine rings is 1. The van der Waals surface area contributed by atoms with Crippen LogP contribution in [0.25, 0.3) is 11.0 Å². The van der Waals surface area contributed by atoms with Crippen molar-refractivity contribution in [2.75, 3.05) is 19.7 Å². The second kappa shape index (κ2) is 5.11. The van der Waals surface area contributed by atoms with Crippen LogP contribution in [0.2, 0.25) is 0 Å². The van der Waals surface area contributed by atoms with Crippen molar-refractivity contribution in [3.63, 3.8) is 0 Å². The van der Waals surface area contributed by atoms with Crippen molar-refractivity contribution in [2.24, 2.45) is 7.05 Å². The van der Waals surface area contributed by atoms with Crippen molar-refractivity contribution in [1.82, 2.24) is 19.7 Å². The number of carbonyl (C=O) groups is 1. The second-order valence-corrected chi connectivity index (χ2v) is 5.63. The maximum Gasteiger partial charge on any atom is 0.255 e. The maximum absolute atomic E-state index is 12.7. The van der Waals surface area contributed by atoms with E-state index in [0.29, 0.717) is 25.3 Å². The lowest BCUT2D eigenvalue weighted by atomic mass is 10.1. The molecule has 1 unspecified atom stereocenters. The number of aromatic nitrogens is 3. The zero-order chi connectivity index (χ0) is 15.1. The molecule has 0 saturated carbocycles. The minimum atomic E-state index is 0.0281. The van der Waals surface area contributed by atoms with Crippen molar-refractivity contribution in [1.29, 1.82) is 0 Å². The Morgan fingerprint density at radius 3 is 2.86 bits per heavy atom. The number of rotatable bonds is 1. The number of ether oxygens (including phenoxy) is 1. The largest absolute Gasteiger partial charge is 0.375 e. The van der Waals surface area contributed by atoms with Gasteiger partial charge in [-0.3, -0.25) is 9.48 Å². The molecule has 0 N–H and O–H groups in total. The Morgan fingerprint density at radius 2 is 2.14 bits per heavy atom. The Morgan fingerprint density at radius 1 is 1.38 bits per heavy atom. The van der Waals surface area contributed by atoms with Crippen molar-refractivity contribution in [3.05, 3.63) is 23.0 Å². The van der Waals surface area contributed by atoms with E-state index in [2.05, 4.69) is 10.1 Å². The summed E-state index contributed by atoms with van der Waals surface area (Å²) in [5, 5.41) is 5.30. The zero-order valence-corrected chi connectivity index (χ0v) is 12.9. The lowest BCUT2D eigenvalue weighted by Crippen LogP contribution is -2.44. The van der Waals surface area contributed by atoms with E-state index in [1.165, 1.54) is 0 Å². The molecular formula is C15H20N4O2. The summed E-state index contributed by atoms with van der Waals surface area (Å²) in [6.07, 6.45) is 0.0832. The first-order valence-electron chi connectivity index (χ1n) is 7.19. The average molecular weight is 288 g/mol. The Bertz CT molecular complexity index is 707. The Kier molecular flexibility index (Phi) is 3.41. The van der Waals surface area contributed by atoms with Gasteiger partial charge in [0, 0.05) is 25.5 Å². The van der Waals surface area contributed by atoms with Crippen LogP contribution in [0.4, 0.5) is 0 Å². The first kappa shape index (κ1) is 14.0. The monoisotopic (exact) mass is 288 g/mol. The van der Waals surface area contributed by atoms with Gasteiger partial charge in [-0.25, -0.2) is 4.98 Å². The predicted molar refractivity (Wildman–Crippen MR) is 79.3 cm³/mol. The number of hydrogen-bond acceptors (Lipinski definition) is 4. The number of hydrogen-bond donors (Lipinski definition) is 0. The minimum Gasteiger partial charge on any atom is -0.375 e. The fraction of sp³-hybridized carbons (Fsp3) is 0.533. The third kappa shape index (κ3) is 2.40. The highest BCUT2D eigenvalue weighted by Gasteiger charge is 2.25. The molecule has 112 valence electrons. The van der Waals surface area contributed by atoms with Crippen LogP contribution < -0.4 is 0 Å². The smallest absolute Gasteiger partial charge is 0.255 e. The predicted octanol–water partition coefficient (Wildman–Crippen LogP) is 1.45. The van der Waals surface area contributed by atoms with Gasteiger partial charge < -0.3 is 9.64 Å². The quantitative estimate of drug-likeness (QED) is 0.797. The summed E-state index contributed by atoms with van der Waals surface area (Å²) in [5.41, 5.74) is 3.11. The molecule has 21 heavy (non-hydrogen) atoms. The highest BCUT2D eigenvalue weighted by Crippen LogP contribution is 2.21. The van der Waals surface area contributed by atoms with E-state index in [1.807, 2.05) is 38.8 Å². The van der Waals surface area contributed by atoms with Gasteiger partial charge in [-0.05, 0) is 26.8 Å². The summed E-state index contributed by atoms with van der Waals surface area (Å²) < 4.78 is 7.25. The number of pyridine rings is 1. The summed E-state index contributed by atoms with van der Waals surface area (Å²) >= 11 is 0. The zero-order valence-electron chi connectivity index (χ0n) is 12.9. The van der Waals surface area contributed by atoms with E-state index in [9.17, 15) is 4.79 Å². The molecule has 1 aliphatic heterocycles. The van der Waals surface area contributed by atoms with Gasteiger partial charge in [0.2, 0.25) is 0 Å². The van der Waals surface area contributed by atoms with Gasteiger partial charge in [0.15, 0.2) is 5.65 Å². The SMILES string of the molecule is Cc1nc2c(cc1C(=O)N1CCOC(C)C1)c(C)nn2C. The molecule has 3 heterocycles. The molecule has 0 aliphatic carbocycles. The van der Waals surface area contributed by atoms with Gasteiger partial charge >= 0.3 is 0 Å². The van der Waals surface area contributed by atoms with Gasteiger partial charge in [-0.15, -0.1) is 0 Å². The number of aryl methyl sites for hydroxylation is 3. The molecule has 1 saturated heterocycles. The van der Waals surface area contributed by atoms with Crippen LogP contribution in [0, 0.1) is 13.8 Å². The normalized spacial score (nSPS) is 19.2. The van der Waals surface area contributed by atoms with Crippen LogP contribution in [-0.4, -0.2) is 51.4 Å². The third-order valence-corrected chi connectivity index (χ3v) is 3.95. The molecule has 6 heteroatoms. The van der Waals surface area contributed by atoms with Crippen LogP contribution in [0.5, 0.6) is 0 Å². The molecule has 2 aromatic heterocycles. The standard InChI is InChI=1S/C15H20N4O2/c1-9-8-19(5-6-21-9)15(20)13-7-12-11(3)17-18(4)14(12)16-10(13)2/h7,9H,5-6,8H2,1-4H3. The van der Waals surface area contributed by atoms with E-state index >= 15 is 0 Å². The summed E-state index contributed by atoms with van der Waals surface area (Å²) in [5.74, 6) is 0.0281. The highest BCUT2D eigenvalue weighted by atomic mass is 16.5. The topological polar surface area (TPSA) is 60.3 Å². The average Bonchev–Trinajstić information content (AvgIpc) is 2.72. The van der Waals surface area contributed by atoms with Crippen LogP contribution in [-0.2, 0) is 11.8 Å². The second-order valence-electron chi connectivity index (χ2n) is 5.63. The van der Waals surface area contributed by atoms with E-state index in [1.54, 1.807) is 4.68 Å². The molecule has 0 bridgehead atoms. The molecule has 0 spiro atoms. The van der Waals surface area contributed by atoms with Gasteiger partial charge in [-0.2, -0.15) is 5.10 Å². The minimum absolute atomic E-state index is 0.0281. The molecular weight excluding hydrogens is 268 g/mol. The molecule has 0 radical (unpaired) electrons. The summed E-state index contributed by atoms with van der Waals surface area (Å²) in [4.78, 5) is 19.1. The maximum atomic E-state index is 12.7. The van der Waals surface area contributed by atoms with Crippen molar-refractivity contribution in [2.45, 2.75) is 26.9 Å². The first-order chi connectivity index (χ1) is 9.97. The highest BCUT2D eigenvalue weighted by molar-refractivity contribution is 5.98. The van der Waals surface area contributed by atoms with E-state index in [0.717, 1.165) is 22.4 Å². The van der Waals surface area contributed by atoms with Crippen LogP contribution in [0.3, 0.4) is 0 Å². The number of carbonyl (C=O) groups excluding carboxylic acids is 1. The van der Waals surface area contributed by atoms with Gasteiger partial charge in [0.25, 0.3) is 5.91 Å². The third-order valence-electron chi connectivity index (χ3n) is 3.95. The molecule has 1 amide bonds. The molecule has 1 atom stereocenters. The van der Waals surface area contributed by atoms with Crippen molar-refractivity contribution < 1.29 is 9.53 Å². The summed E-state index contributed by atoms with van der Waals surface area (Å²) in [7, 11) is 1.87. The molecule has 1 aliphatic rings. The summed E-state index contributed by atoms with van der Waals surface area (Å²) in [6, 6.07) is 1.92. The number of nitrogens with zero attached hydrogens (tertiary/aromatic N) is 4. The lowest BCUT2D eigenvalue weighted by molar-refractivity contribution is -0.0124. The van der Waals surface area contributed by atoms with Crippen LogP contribution in [0.15, 0.2) is 6.07 Å². The molecule has 1 fully saturated rings. The number of amides is 1. The molecule has 3 rings (SSSR count). The first-order valence-corrected chi connectivity index (χ1v) is 7.19.